The molecule has 7 nitrogen and oxygen atoms in total. The summed E-state index contributed by atoms with van der Waals surface area (Å²) in [4.78, 5) is 28.3. The molecule has 42 heavy (non-hydrogen) atoms. The van der Waals surface area contributed by atoms with Gasteiger partial charge in [0.1, 0.15) is 0 Å². The summed E-state index contributed by atoms with van der Waals surface area (Å²) in [6.07, 6.45) is -0.576. The van der Waals surface area contributed by atoms with Crippen LogP contribution in [-0.2, 0) is 17.4 Å². The number of amides is 2. The van der Waals surface area contributed by atoms with E-state index in [4.69, 9.17) is 5.10 Å². The normalized spacial score (nSPS) is 11.2. The summed E-state index contributed by atoms with van der Waals surface area (Å²) >= 11 is 0. The molecule has 2 heterocycles. The Morgan fingerprint density at radius 2 is 1.40 bits per heavy atom. The Morgan fingerprint density at radius 1 is 0.810 bits per heavy atom. The van der Waals surface area contributed by atoms with Gasteiger partial charge in [-0.15, -0.1) is 0 Å². The highest BCUT2D eigenvalue weighted by Gasteiger charge is 2.30. The summed E-state index contributed by atoms with van der Waals surface area (Å²) in [6.45, 7) is 0. The number of anilines is 1. The second-order valence-corrected chi connectivity index (χ2v) is 9.50. The predicted octanol–water partition coefficient (Wildman–Crippen LogP) is 6.55. The lowest BCUT2D eigenvalue weighted by atomic mass is 10.0. The Labute approximate surface area is 240 Å². The number of hydrogen-bond donors (Lipinski definition) is 2. The minimum atomic E-state index is -4.39. The van der Waals surface area contributed by atoms with Gasteiger partial charge < -0.3 is 10.6 Å². The van der Waals surface area contributed by atoms with Gasteiger partial charge >= 0.3 is 6.18 Å². The molecule has 0 aliphatic carbocycles. The van der Waals surface area contributed by atoms with E-state index in [9.17, 15) is 22.8 Å². The van der Waals surface area contributed by atoms with Crippen molar-refractivity contribution < 1.29 is 22.8 Å². The first-order valence-corrected chi connectivity index (χ1v) is 13.1. The van der Waals surface area contributed by atoms with Crippen LogP contribution in [0.3, 0.4) is 0 Å². The van der Waals surface area contributed by atoms with Gasteiger partial charge in [0.25, 0.3) is 5.91 Å². The fraction of sp³-hybridized carbons (Fsp3) is 0.125. The third-order valence-corrected chi connectivity index (χ3v) is 6.69. The molecule has 2 amide bonds. The van der Waals surface area contributed by atoms with Crippen LogP contribution in [0.5, 0.6) is 0 Å². The molecule has 0 unspecified atom stereocenters. The highest BCUT2D eigenvalue weighted by Crippen LogP contribution is 2.32. The zero-order valence-corrected chi connectivity index (χ0v) is 22.5. The number of pyridine rings is 1. The van der Waals surface area contributed by atoms with Gasteiger partial charge in [-0.05, 0) is 65.7 Å². The molecule has 0 saturated carbocycles. The van der Waals surface area contributed by atoms with Crippen molar-refractivity contribution in [1.82, 2.24) is 20.1 Å². The van der Waals surface area contributed by atoms with E-state index in [0.717, 1.165) is 40.3 Å². The zero-order chi connectivity index (χ0) is 29.7. The van der Waals surface area contributed by atoms with E-state index in [0.29, 0.717) is 23.2 Å². The van der Waals surface area contributed by atoms with E-state index in [2.05, 4.69) is 15.6 Å². The summed E-state index contributed by atoms with van der Waals surface area (Å²) in [6, 6.07) is 24.9. The Balaban J connectivity index is 1.42. The van der Waals surface area contributed by atoms with Crippen LogP contribution in [0, 0.1) is 0 Å². The number of aryl methyl sites for hydroxylation is 1. The van der Waals surface area contributed by atoms with Gasteiger partial charge in [-0.2, -0.15) is 18.3 Å². The number of rotatable bonds is 8. The van der Waals surface area contributed by atoms with Crippen LogP contribution in [0.1, 0.15) is 28.0 Å². The molecule has 0 aliphatic rings. The predicted molar refractivity (Wildman–Crippen MR) is 154 cm³/mol. The largest absolute Gasteiger partial charge is 0.416 e. The third kappa shape index (κ3) is 6.55. The molecule has 0 bridgehead atoms. The minimum Gasteiger partial charge on any atom is -0.359 e. The number of carbonyl (C=O) groups is 2. The van der Waals surface area contributed by atoms with Gasteiger partial charge in [0, 0.05) is 49.1 Å². The number of hydrogen-bond acceptors (Lipinski definition) is 4. The van der Waals surface area contributed by atoms with Crippen LogP contribution in [-0.4, -0.2) is 33.6 Å². The maximum Gasteiger partial charge on any atom is 0.416 e. The molecule has 3 aromatic carbocycles. The first kappa shape index (κ1) is 28.3. The Kier molecular flexibility index (Phi) is 8.14. The fourth-order valence-corrected chi connectivity index (χ4v) is 4.40. The van der Waals surface area contributed by atoms with E-state index in [1.54, 1.807) is 48.4 Å². The molecule has 0 aliphatic heterocycles. The van der Waals surface area contributed by atoms with Crippen LogP contribution < -0.4 is 10.6 Å². The molecule has 0 fully saturated rings. The summed E-state index contributed by atoms with van der Waals surface area (Å²) in [5.41, 5.74) is 4.90. The van der Waals surface area contributed by atoms with Gasteiger partial charge in [0.05, 0.1) is 22.6 Å². The average Bonchev–Trinajstić information content (AvgIpc) is 3.44. The highest BCUT2D eigenvalue weighted by atomic mass is 19.4. The molecule has 2 N–H and O–H groups in total. The maximum atomic E-state index is 13.0. The molecule has 0 saturated heterocycles. The number of nitrogens with zero attached hydrogens (tertiary/aromatic N) is 3. The van der Waals surface area contributed by atoms with E-state index in [1.165, 1.54) is 12.1 Å². The molecule has 0 spiro atoms. The van der Waals surface area contributed by atoms with Gasteiger partial charge in [0.2, 0.25) is 5.91 Å². The minimum absolute atomic E-state index is 0.0960. The average molecular weight is 570 g/mol. The van der Waals surface area contributed by atoms with Crippen LogP contribution in [0.2, 0.25) is 0 Å². The maximum absolute atomic E-state index is 13.0. The third-order valence-electron chi connectivity index (χ3n) is 6.69. The lowest BCUT2D eigenvalue weighted by Gasteiger charge is -2.11. The lowest BCUT2D eigenvalue weighted by Crippen LogP contribution is -2.18. The van der Waals surface area contributed by atoms with Crippen LogP contribution in [0.4, 0.5) is 18.9 Å². The number of alkyl halides is 3. The molecule has 2 aromatic heterocycles. The first-order valence-electron chi connectivity index (χ1n) is 13.1. The van der Waals surface area contributed by atoms with E-state index < -0.39 is 11.7 Å². The Morgan fingerprint density at radius 3 is 2.00 bits per heavy atom. The zero-order valence-electron chi connectivity index (χ0n) is 22.5. The molecular formula is C32H26F3N5O2. The van der Waals surface area contributed by atoms with Crippen molar-refractivity contribution in [2.75, 3.05) is 12.4 Å². The summed E-state index contributed by atoms with van der Waals surface area (Å²) in [5, 5.41) is 10.2. The molecular weight excluding hydrogens is 543 g/mol. The highest BCUT2D eigenvalue weighted by molar-refractivity contribution is 6.04. The molecule has 212 valence electrons. The monoisotopic (exact) mass is 569 g/mol. The Hall–Kier alpha value is -5.25. The summed E-state index contributed by atoms with van der Waals surface area (Å²) in [5.74, 6) is -0.351. The molecule has 0 atom stereocenters. The number of halogens is 3. The molecule has 5 aromatic rings. The van der Waals surface area contributed by atoms with Crippen molar-refractivity contribution in [2.24, 2.45) is 0 Å². The second-order valence-electron chi connectivity index (χ2n) is 9.50. The van der Waals surface area contributed by atoms with Gasteiger partial charge in [-0.3, -0.25) is 14.6 Å². The van der Waals surface area contributed by atoms with Crippen molar-refractivity contribution in [3.05, 3.63) is 120 Å². The fourth-order valence-electron chi connectivity index (χ4n) is 4.40. The smallest absolute Gasteiger partial charge is 0.359 e. The topological polar surface area (TPSA) is 88.9 Å². The Bertz CT molecular complexity index is 1680. The van der Waals surface area contributed by atoms with Crippen molar-refractivity contribution in [1.29, 1.82) is 0 Å². The molecule has 5 rings (SSSR count). The molecule has 10 heteroatoms. The second kappa shape index (κ2) is 12.1. The van der Waals surface area contributed by atoms with Gasteiger partial charge in [-0.1, -0.05) is 36.4 Å². The summed E-state index contributed by atoms with van der Waals surface area (Å²) < 4.78 is 40.6. The first-order chi connectivity index (χ1) is 20.2. The van der Waals surface area contributed by atoms with Crippen molar-refractivity contribution in [3.63, 3.8) is 0 Å². The number of nitrogens with one attached hydrogen (secondary N) is 2. The summed E-state index contributed by atoms with van der Waals surface area (Å²) in [7, 11) is 1.58. The quantitative estimate of drug-likeness (QED) is 0.222. The molecule has 0 radical (unpaired) electrons. The van der Waals surface area contributed by atoms with Gasteiger partial charge in [0.15, 0.2) is 0 Å². The van der Waals surface area contributed by atoms with Crippen LogP contribution >= 0.6 is 0 Å². The van der Waals surface area contributed by atoms with Gasteiger partial charge in [-0.25, -0.2) is 4.68 Å². The van der Waals surface area contributed by atoms with E-state index >= 15 is 0 Å². The van der Waals surface area contributed by atoms with Crippen molar-refractivity contribution in [3.8, 4) is 28.1 Å². The number of benzene rings is 3. The number of carbonyl (C=O) groups excluding carboxylic acids is 2. The van der Waals surface area contributed by atoms with Crippen molar-refractivity contribution >= 4 is 17.5 Å². The number of aromatic nitrogens is 3. The SMILES string of the molecule is CNC(=O)CCc1cc(-c2ccc(-c3ccc(C(F)(F)F)cc3)cc2)n(-c2ccc(NC(=O)c3ccncc3)cc2)n1. The lowest BCUT2D eigenvalue weighted by molar-refractivity contribution is -0.137. The van der Waals surface area contributed by atoms with Crippen LogP contribution in [0.25, 0.3) is 28.1 Å². The van der Waals surface area contributed by atoms with E-state index in [1.807, 2.05) is 42.5 Å². The standard InChI is InChI=1S/C32H26F3N5O2/c1-36-30(41)15-12-27-20-29(23-4-2-21(3-5-23)22-6-8-25(9-7-22)32(33,34)35)40(39-27)28-13-10-26(11-14-28)38-31(42)24-16-18-37-19-17-24/h2-11,13-14,16-20H,12,15H2,1H3,(H,36,41)(H,38,42). The van der Waals surface area contributed by atoms with Crippen LogP contribution in [0.15, 0.2) is 103 Å². The van der Waals surface area contributed by atoms with E-state index in [-0.39, 0.29) is 18.2 Å². The van der Waals surface area contributed by atoms with Crippen molar-refractivity contribution in [2.45, 2.75) is 19.0 Å².